The lowest BCUT2D eigenvalue weighted by molar-refractivity contribution is -0.132. The van der Waals surface area contributed by atoms with Gasteiger partial charge in [0.25, 0.3) is 0 Å². The van der Waals surface area contributed by atoms with Crippen molar-refractivity contribution in [1.82, 2.24) is 0 Å². The van der Waals surface area contributed by atoms with Gasteiger partial charge in [-0.3, -0.25) is 0 Å². The van der Waals surface area contributed by atoms with E-state index in [4.69, 9.17) is 0 Å². The Morgan fingerprint density at radius 3 is 0.685 bits per heavy atom. The first-order valence-corrected chi connectivity index (χ1v) is 15.9. The van der Waals surface area contributed by atoms with E-state index in [1.807, 2.05) is 18.2 Å². The minimum atomic E-state index is -1.19. The molecular weight excluding hydrogens is 692 g/mol. The van der Waals surface area contributed by atoms with E-state index in [-0.39, 0.29) is 5.76 Å². The van der Waals surface area contributed by atoms with Crippen LogP contribution in [0, 0.1) is 0 Å². The Balaban J connectivity index is 2.10. The molecule has 6 N–H and O–H groups in total. The van der Waals surface area contributed by atoms with Crippen molar-refractivity contribution in [1.29, 1.82) is 0 Å². The lowest BCUT2D eigenvalue weighted by Gasteiger charge is -2.15. The van der Waals surface area contributed by atoms with Gasteiger partial charge in [-0.2, -0.15) is 0 Å². The summed E-state index contributed by atoms with van der Waals surface area (Å²) in [6.45, 7) is 3.47. The fraction of sp³-hybridized carbons (Fsp3) is 0. The number of aliphatic hydroxyl groups excluding tert-OH is 1. The topological polar surface area (TPSA) is 207 Å². The number of benzene rings is 4. The average Bonchev–Trinajstić information content (AvgIpc) is 3.12. The number of aliphatic hydroxyl groups is 1. The number of aliphatic carboxylic acids is 5. The van der Waals surface area contributed by atoms with Crippen LogP contribution in [0.2, 0.25) is 0 Å². The van der Waals surface area contributed by atoms with Crippen molar-refractivity contribution in [3.8, 4) is 33.4 Å². The van der Waals surface area contributed by atoms with Crippen LogP contribution in [0.15, 0.2) is 122 Å². The van der Waals surface area contributed by atoms with Crippen LogP contribution < -0.4 is 0 Å². The summed E-state index contributed by atoms with van der Waals surface area (Å²) in [6.07, 6.45) is 14.6. The quantitative estimate of drug-likeness (QED) is 0.0391. The highest BCUT2D eigenvalue weighted by Crippen LogP contribution is 2.36. The normalized spacial score (nSPS) is 11.8. The third-order valence-electron chi connectivity index (χ3n) is 7.43. The number of hydrogen-bond donors (Lipinski definition) is 6. The van der Waals surface area contributed by atoms with Crippen molar-refractivity contribution < 1.29 is 54.6 Å². The third kappa shape index (κ3) is 12.2. The van der Waals surface area contributed by atoms with Crippen molar-refractivity contribution in [3.63, 3.8) is 0 Å². The van der Waals surface area contributed by atoms with Gasteiger partial charge in [-0.05, 0) is 176 Å². The highest BCUT2D eigenvalue weighted by atomic mass is 16.4. The second-order valence-corrected chi connectivity index (χ2v) is 11.6. The molecule has 0 bridgehead atoms. The summed E-state index contributed by atoms with van der Waals surface area (Å²) in [5.74, 6) is -6.14. The summed E-state index contributed by atoms with van der Waals surface area (Å²) in [4.78, 5) is 56.8. The van der Waals surface area contributed by atoms with Crippen LogP contribution in [0.25, 0.3) is 69.8 Å². The Kier molecular flexibility index (Phi) is 12.9. The molecule has 0 saturated heterocycles. The van der Waals surface area contributed by atoms with Gasteiger partial charge in [0.05, 0.1) is 0 Å². The molecule has 270 valence electrons. The molecule has 11 heteroatoms. The first-order valence-electron chi connectivity index (χ1n) is 15.9. The van der Waals surface area contributed by atoms with Gasteiger partial charge in [-0.25, -0.2) is 24.0 Å². The Morgan fingerprint density at radius 1 is 0.315 bits per heavy atom. The largest absolute Gasteiger partial charge is 0.509 e. The Morgan fingerprint density at radius 2 is 0.500 bits per heavy atom. The molecule has 4 aromatic carbocycles. The predicted molar refractivity (Wildman–Crippen MR) is 207 cm³/mol. The van der Waals surface area contributed by atoms with Gasteiger partial charge in [-0.15, -0.1) is 0 Å². The molecule has 0 saturated carbocycles. The number of carboxylic acids is 5. The van der Waals surface area contributed by atoms with E-state index in [0.29, 0.717) is 66.8 Å². The molecule has 0 unspecified atom stereocenters. The smallest absolute Gasteiger partial charge is 0.328 e. The molecule has 0 fully saturated rings. The highest BCUT2D eigenvalue weighted by Gasteiger charge is 2.12. The Hall–Kier alpha value is -7.79. The number of carboxylic acid groups (broad SMARTS) is 5. The van der Waals surface area contributed by atoms with Crippen LogP contribution in [-0.2, 0) is 24.0 Å². The average molecular weight is 725 g/mol. The van der Waals surface area contributed by atoms with Crippen molar-refractivity contribution >= 4 is 66.3 Å². The van der Waals surface area contributed by atoms with E-state index in [1.165, 1.54) is 36.5 Å². The van der Waals surface area contributed by atoms with Crippen molar-refractivity contribution in [2.75, 3.05) is 0 Å². The molecule has 0 heterocycles. The van der Waals surface area contributed by atoms with Gasteiger partial charge in [0.2, 0.25) is 0 Å². The first kappa shape index (κ1) is 39.0. The lowest BCUT2D eigenvalue weighted by atomic mass is 9.90. The van der Waals surface area contributed by atoms with Crippen LogP contribution in [0.5, 0.6) is 0 Å². The molecule has 0 radical (unpaired) electrons. The molecule has 0 aromatic heterocycles. The van der Waals surface area contributed by atoms with Crippen LogP contribution in [-0.4, -0.2) is 60.5 Å². The van der Waals surface area contributed by atoms with Gasteiger partial charge < -0.3 is 30.6 Å². The fourth-order valence-corrected chi connectivity index (χ4v) is 5.26. The molecular formula is C43H32O11. The maximum atomic E-state index is 11.4. The molecule has 4 aromatic rings. The number of rotatable bonds is 15. The third-order valence-corrected chi connectivity index (χ3v) is 7.43. The van der Waals surface area contributed by atoms with Gasteiger partial charge >= 0.3 is 29.8 Å². The van der Waals surface area contributed by atoms with Crippen molar-refractivity contribution in [2.24, 2.45) is 0 Å². The molecule has 0 aliphatic carbocycles. The maximum Gasteiger partial charge on any atom is 0.328 e. The number of hydrogen-bond acceptors (Lipinski definition) is 6. The summed E-state index contributed by atoms with van der Waals surface area (Å²) >= 11 is 0. The zero-order valence-corrected chi connectivity index (χ0v) is 28.3. The summed E-state index contributed by atoms with van der Waals surface area (Å²) in [7, 11) is 0. The zero-order chi connectivity index (χ0) is 39.4. The molecule has 0 spiro atoms. The van der Waals surface area contributed by atoms with E-state index in [9.17, 15) is 54.6 Å². The van der Waals surface area contributed by atoms with E-state index in [2.05, 4.69) is 6.58 Å². The molecule has 0 amide bonds. The molecule has 4 rings (SSSR count). The number of allylic oxidation sites excluding steroid dienone is 1. The first-order chi connectivity index (χ1) is 25.6. The Bertz CT molecular complexity index is 1950. The van der Waals surface area contributed by atoms with Crippen LogP contribution in [0.3, 0.4) is 0 Å². The SMILES string of the molecule is C=C(O)/C=C/c1cc(/C=C/C(=O)O)cc(-c2cc(-c3cc(/C=C/C(=O)O)cc(/C=C/C(=O)O)c3)cc(-c3cc(/C=C/C(=O)O)cc(/C=C/C(=O)O)c3)c2)c1. The standard InChI is InChI=1S/C43H32O11/c1-26(44)2-3-27-14-28(4-9-39(45)46)18-33(17-27)36-23-37(34-19-29(5-10-40(47)48)15-30(20-34)6-11-41(49)50)25-38(24-36)35-21-31(7-12-42(51)52)16-32(22-35)8-13-43(53)54/h2-25,44H,1H2,(H,45,46)(H,47,48)(H,49,50)(H,51,52)(H,53,54)/b3-2+,9-4+,10-5+,11-6+,12-7+,13-8+. The summed E-state index contributed by atoms with van der Waals surface area (Å²) in [5, 5.41) is 56.1. The van der Waals surface area contributed by atoms with Gasteiger partial charge in [0.1, 0.15) is 5.76 Å². The van der Waals surface area contributed by atoms with Crippen molar-refractivity contribution in [2.45, 2.75) is 0 Å². The minimum absolute atomic E-state index is 0.207. The minimum Gasteiger partial charge on any atom is -0.509 e. The van der Waals surface area contributed by atoms with Gasteiger partial charge in [0, 0.05) is 30.4 Å². The number of carbonyl (C=O) groups is 5. The monoisotopic (exact) mass is 724 g/mol. The summed E-state index contributed by atoms with van der Waals surface area (Å²) in [6, 6.07) is 20.8. The van der Waals surface area contributed by atoms with E-state index in [0.717, 1.165) is 30.4 Å². The fourth-order valence-electron chi connectivity index (χ4n) is 5.26. The van der Waals surface area contributed by atoms with Crippen LogP contribution in [0.1, 0.15) is 33.4 Å². The van der Waals surface area contributed by atoms with E-state index in [1.54, 1.807) is 60.7 Å². The molecule has 0 aliphatic rings. The summed E-state index contributed by atoms with van der Waals surface area (Å²) < 4.78 is 0. The molecule has 54 heavy (non-hydrogen) atoms. The Labute approximate surface area is 308 Å². The lowest BCUT2D eigenvalue weighted by Crippen LogP contribution is -1.92. The van der Waals surface area contributed by atoms with Crippen LogP contribution >= 0.6 is 0 Å². The molecule has 11 nitrogen and oxygen atoms in total. The van der Waals surface area contributed by atoms with E-state index >= 15 is 0 Å². The second kappa shape index (κ2) is 17.9. The summed E-state index contributed by atoms with van der Waals surface area (Å²) in [5.41, 5.74) is 6.39. The highest BCUT2D eigenvalue weighted by molar-refractivity contribution is 5.91. The maximum absolute atomic E-state index is 11.4. The van der Waals surface area contributed by atoms with Crippen molar-refractivity contribution in [3.05, 3.63) is 155 Å². The van der Waals surface area contributed by atoms with Gasteiger partial charge in [0.15, 0.2) is 0 Å². The van der Waals surface area contributed by atoms with Crippen LogP contribution in [0.4, 0.5) is 0 Å². The predicted octanol–water partition coefficient (Wildman–Crippen LogP) is 8.26. The second-order valence-electron chi connectivity index (χ2n) is 11.6. The molecule has 0 atom stereocenters. The zero-order valence-electron chi connectivity index (χ0n) is 28.3. The van der Waals surface area contributed by atoms with Gasteiger partial charge in [-0.1, -0.05) is 12.7 Å². The molecule has 0 aliphatic heterocycles. The van der Waals surface area contributed by atoms with E-state index < -0.39 is 29.8 Å².